The minimum absolute atomic E-state index is 0.0567. The van der Waals surface area contributed by atoms with E-state index in [9.17, 15) is 14.0 Å². The zero-order valence-electron chi connectivity index (χ0n) is 10.9. The van der Waals surface area contributed by atoms with Crippen LogP contribution in [0.25, 0.3) is 0 Å². The molecule has 108 valence electrons. The Balaban J connectivity index is 1.89. The van der Waals surface area contributed by atoms with Crippen molar-refractivity contribution in [2.24, 2.45) is 5.92 Å². The van der Waals surface area contributed by atoms with Gasteiger partial charge >= 0.3 is 0 Å². The first-order valence-corrected chi connectivity index (χ1v) is 7.42. The summed E-state index contributed by atoms with van der Waals surface area (Å²) < 4.78 is 14.1. The number of hydrogen-bond donors (Lipinski definition) is 2. The summed E-state index contributed by atoms with van der Waals surface area (Å²) in [7, 11) is 0. The minimum Gasteiger partial charge on any atom is -0.273 e. The quantitative estimate of drug-likeness (QED) is 0.812. The lowest BCUT2D eigenvalue weighted by molar-refractivity contribution is -0.126. The van der Waals surface area contributed by atoms with Gasteiger partial charge in [-0.3, -0.25) is 20.4 Å². The summed E-state index contributed by atoms with van der Waals surface area (Å²) in [6, 6.07) is 4.14. The van der Waals surface area contributed by atoms with Crippen molar-refractivity contribution in [3.8, 4) is 0 Å². The van der Waals surface area contributed by atoms with Gasteiger partial charge in [-0.1, -0.05) is 35.2 Å². The number of halogens is 2. The van der Waals surface area contributed by atoms with E-state index < -0.39 is 11.7 Å². The number of nitrogens with one attached hydrogen (secondary N) is 2. The Hall–Kier alpha value is -1.43. The molecule has 1 saturated carbocycles. The number of benzene rings is 1. The van der Waals surface area contributed by atoms with Crippen LogP contribution in [0.5, 0.6) is 0 Å². The van der Waals surface area contributed by atoms with Gasteiger partial charge in [0.05, 0.1) is 5.56 Å². The number of hydrazine groups is 1. The second-order valence-electron chi connectivity index (χ2n) is 4.90. The van der Waals surface area contributed by atoms with Gasteiger partial charge in [0.2, 0.25) is 5.91 Å². The fourth-order valence-electron chi connectivity index (χ4n) is 2.33. The highest BCUT2D eigenvalue weighted by atomic mass is 79.9. The molecule has 0 saturated heterocycles. The summed E-state index contributed by atoms with van der Waals surface area (Å²) in [5.74, 6) is -1.54. The molecule has 6 heteroatoms. The standard InChI is InChI=1S/C14H16BrFN2O2/c15-10-6-7-11(12(16)8-10)14(20)18-17-13(19)9-4-2-1-3-5-9/h6-9H,1-5H2,(H,17,19)(H,18,20). The number of carbonyl (C=O) groups excluding carboxylic acids is 2. The highest BCUT2D eigenvalue weighted by Gasteiger charge is 2.21. The summed E-state index contributed by atoms with van der Waals surface area (Å²) >= 11 is 3.12. The van der Waals surface area contributed by atoms with Gasteiger partial charge in [0.25, 0.3) is 5.91 Å². The largest absolute Gasteiger partial charge is 0.273 e. The molecule has 2 rings (SSSR count). The van der Waals surface area contributed by atoms with Gasteiger partial charge in [-0.05, 0) is 31.0 Å². The second kappa shape index (κ2) is 6.83. The third kappa shape index (κ3) is 3.79. The van der Waals surface area contributed by atoms with E-state index in [1.807, 2.05) is 0 Å². The molecule has 0 heterocycles. The summed E-state index contributed by atoms with van der Waals surface area (Å²) in [5, 5.41) is 0. The Bertz CT molecular complexity index is 516. The van der Waals surface area contributed by atoms with Crippen molar-refractivity contribution in [2.45, 2.75) is 32.1 Å². The van der Waals surface area contributed by atoms with Crippen molar-refractivity contribution in [3.05, 3.63) is 34.1 Å². The predicted molar refractivity (Wildman–Crippen MR) is 76.3 cm³/mol. The molecule has 0 aromatic heterocycles. The Kier molecular flexibility index (Phi) is 5.11. The monoisotopic (exact) mass is 342 g/mol. The van der Waals surface area contributed by atoms with E-state index in [0.29, 0.717) is 4.47 Å². The molecule has 1 aliphatic rings. The van der Waals surface area contributed by atoms with Crippen LogP contribution in [0.2, 0.25) is 0 Å². The molecule has 0 unspecified atom stereocenters. The zero-order valence-corrected chi connectivity index (χ0v) is 12.5. The number of hydrogen-bond acceptors (Lipinski definition) is 2. The van der Waals surface area contributed by atoms with Crippen molar-refractivity contribution < 1.29 is 14.0 Å². The molecule has 1 aromatic rings. The van der Waals surface area contributed by atoms with Gasteiger partial charge in [0.1, 0.15) is 5.82 Å². The minimum atomic E-state index is -0.654. The summed E-state index contributed by atoms with van der Waals surface area (Å²) in [5.41, 5.74) is 4.54. The third-order valence-corrected chi connectivity index (χ3v) is 3.94. The third-order valence-electron chi connectivity index (χ3n) is 3.45. The highest BCUT2D eigenvalue weighted by molar-refractivity contribution is 9.10. The molecule has 2 amide bonds. The van der Waals surface area contributed by atoms with Gasteiger partial charge in [-0.15, -0.1) is 0 Å². The molecule has 4 nitrogen and oxygen atoms in total. The molecule has 20 heavy (non-hydrogen) atoms. The number of amides is 2. The van der Waals surface area contributed by atoms with E-state index in [-0.39, 0.29) is 17.4 Å². The lowest BCUT2D eigenvalue weighted by Gasteiger charge is -2.20. The molecular formula is C14H16BrFN2O2. The number of rotatable bonds is 2. The molecule has 0 atom stereocenters. The van der Waals surface area contributed by atoms with Crippen LogP contribution in [-0.2, 0) is 4.79 Å². The van der Waals surface area contributed by atoms with Gasteiger partial charge in [-0.2, -0.15) is 0 Å². The molecule has 0 bridgehead atoms. The van der Waals surface area contributed by atoms with Crippen molar-refractivity contribution in [3.63, 3.8) is 0 Å². The van der Waals surface area contributed by atoms with Crippen molar-refractivity contribution >= 4 is 27.7 Å². The maximum Gasteiger partial charge on any atom is 0.272 e. The van der Waals surface area contributed by atoms with Crippen LogP contribution in [0.4, 0.5) is 4.39 Å². The molecule has 1 aromatic carbocycles. The predicted octanol–water partition coefficient (Wildman–Crippen LogP) is 2.93. The SMILES string of the molecule is O=C(NNC(=O)C1CCCCC1)c1ccc(Br)cc1F. The fourth-order valence-corrected chi connectivity index (χ4v) is 2.66. The van der Waals surface area contributed by atoms with Crippen LogP contribution in [0.3, 0.4) is 0 Å². The van der Waals surface area contributed by atoms with Crippen LogP contribution < -0.4 is 10.9 Å². The normalized spacial score (nSPS) is 15.7. The van der Waals surface area contributed by atoms with Gasteiger partial charge in [0.15, 0.2) is 0 Å². The average molecular weight is 343 g/mol. The highest BCUT2D eigenvalue weighted by Crippen LogP contribution is 2.23. The lowest BCUT2D eigenvalue weighted by atomic mass is 9.89. The van der Waals surface area contributed by atoms with Crippen molar-refractivity contribution in [1.29, 1.82) is 0 Å². The first-order valence-electron chi connectivity index (χ1n) is 6.63. The molecule has 0 radical (unpaired) electrons. The van der Waals surface area contributed by atoms with E-state index in [4.69, 9.17) is 0 Å². The number of carbonyl (C=O) groups is 2. The van der Waals surface area contributed by atoms with E-state index in [1.165, 1.54) is 12.1 Å². The topological polar surface area (TPSA) is 58.2 Å². The van der Waals surface area contributed by atoms with Crippen molar-refractivity contribution in [1.82, 2.24) is 10.9 Å². The first-order chi connectivity index (χ1) is 9.58. The fraction of sp³-hybridized carbons (Fsp3) is 0.429. The van der Waals surface area contributed by atoms with Gasteiger partial charge in [-0.25, -0.2) is 4.39 Å². The van der Waals surface area contributed by atoms with E-state index >= 15 is 0 Å². The maximum atomic E-state index is 13.6. The summed E-state index contributed by atoms with van der Waals surface area (Å²) in [6.07, 6.45) is 4.91. The molecule has 1 fully saturated rings. The molecular weight excluding hydrogens is 327 g/mol. The second-order valence-corrected chi connectivity index (χ2v) is 5.82. The van der Waals surface area contributed by atoms with E-state index in [2.05, 4.69) is 26.8 Å². The van der Waals surface area contributed by atoms with Crippen LogP contribution in [0, 0.1) is 11.7 Å². The zero-order chi connectivity index (χ0) is 14.5. The molecule has 1 aliphatic carbocycles. The smallest absolute Gasteiger partial charge is 0.272 e. The maximum absolute atomic E-state index is 13.6. The lowest BCUT2D eigenvalue weighted by Crippen LogP contribution is -2.45. The molecule has 0 aliphatic heterocycles. The summed E-state index contributed by atoms with van der Waals surface area (Å²) in [6.45, 7) is 0. The average Bonchev–Trinajstić information content (AvgIpc) is 2.45. The first kappa shape index (κ1) is 15.0. The van der Waals surface area contributed by atoms with Crippen LogP contribution in [-0.4, -0.2) is 11.8 Å². The van der Waals surface area contributed by atoms with Crippen molar-refractivity contribution in [2.75, 3.05) is 0 Å². The summed E-state index contributed by atoms with van der Waals surface area (Å²) in [4.78, 5) is 23.6. The van der Waals surface area contributed by atoms with E-state index in [0.717, 1.165) is 32.1 Å². The Morgan fingerprint density at radius 1 is 1.15 bits per heavy atom. The van der Waals surface area contributed by atoms with Crippen LogP contribution in [0.1, 0.15) is 42.5 Å². The van der Waals surface area contributed by atoms with Crippen LogP contribution in [0.15, 0.2) is 22.7 Å². The van der Waals surface area contributed by atoms with Gasteiger partial charge in [0, 0.05) is 10.4 Å². The Morgan fingerprint density at radius 3 is 2.50 bits per heavy atom. The molecule has 0 spiro atoms. The van der Waals surface area contributed by atoms with E-state index in [1.54, 1.807) is 6.07 Å². The Labute approximate surface area is 125 Å². The Morgan fingerprint density at radius 2 is 1.85 bits per heavy atom. The molecule has 2 N–H and O–H groups in total. The van der Waals surface area contributed by atoms with Crippen LogP contribution >= 0.6 is 15.9 Å². The van der Waals surface area contributed by atoms with Gasteiger partial charge < -0.3 is 0 Å².